The summed E-state index contributed by atoms with van der Waals surface area (Å²) in [5.41, 5.74) is 13.0. The van der Waals surface area contributed by atoms with Gasteiger partial charge in [0.25, 0.3) is 5.91 Å². The third-order valence-corrected chi connectivity index (χ3v) is 4.33. The van der Waals surface area contributed by atoms with E-state index < -0.39 is 6.04 Å². The molecule has 2 heterocycles. The molecule has 0 saturated carbocycles. The van der Waals surface area contributed by atoms with Crippen LogP contribution in [0.15, 0.2) is 66.2 Å². The van der Waals surface area contributed by atoms with E-state index in [0.29, 0.717) is 6.42 Å². The van der Waals surface area contributed by atoms with Crippen molar-refractivity contribution in [1.29, 1.82) is 0 Å². The van der Waals surface area contributed by atoms with Gasteiger partial charge in [0.15, 0.2) is 0 Å². The van der Waals surface area contributed by atoms with Crippen LogP contribution in [0, 0.1) is 0 Å². The molecule has 1 amide bonds. The Morgan fingerprint density at radius 3 is 2.89 bits per heavy atom. The van der Waals surface area contributed by atoms with Crippen molar-refractivity contribution in [3.8, 4) is 0 Å². The first kappa shape index (κ1) is 16.9. The van der Waals surface area contributed by atoms with Gasteiger partial charge in [-0.3, -0.25) is 14.8 Å². The van der Waals surface area contributed by atoms with Crippen molar-refractivity contribution < 1.29 is 4.79 Å². The SMILES string of the molecule is NC(Cc1c[nH]c2ccccc12)C(=O)N/N=C/c1ccc2nccnc2c1. The van der Waals surface area contributed by atoms with Crippen LogP contribution >= 0.6 is 0 Å². The van der Waals surface area contributed by atoms with Gasteiger partial charge in [0.2, 0.25) is 0 Å². The highest BCUT2D eigenvalue weighted by Crippen LogP contribution is 2.18. The van der Waals surface area contributed by atoms with E-state index in [1.54, 1.807) is 18.6 Å². The number of hydrogen-bond donors (Lipinski definition) is 3. The number of aromatic nitrogens is 3. The maximum Gasteiger partial charge on any atom is 0.257 e. The summed E-state index contributed by atoms with van der Waals surface area (Å²) in [7, 11) is 0. The summed E-state index contributed by atoms with van der Waals surface area (Å²) < 4.78 is 0. The van der Waals surface area contributed by atoms with Crippen LogP contribution in [0.3, 0.4) is 0 Å². The van der Waals surface area contributed by atoms with Crippen molar-refractivity contribution in [2.24, 2.45) is 10.8 Å². The molecule has 4 N–H and O–H groups in total. The second kappa shape index (κ2) is 7.35. The molecule has 0 bridgehead atoms. The maximum atomic E-state index is 12.2. The number of benzene rings is 2. The summed E-state index contributed by atoms with van der Waals surface area (Å²) >= 11 is 0. The molecule has 7 nitrogen and oxygen atoms in total. The van der Waals surface area contributed by atoms with Crippen LogP contribution in [0.4, 0.5) is 0 Å². The van der Waals surface area contributed by atoms with Crippen LogP contribution in [0.5, 0.6) is 0 Å². The molecule has 0 radical (unpaired) electrons. The number of para-hydroxylation sites is 1. The van der Waals surface area contributed by atoms with Crippen molar-refractivity contribution >= 4 is 34.1 Å². The number of nitrogens with two attached hydrogens (primary N) is 1. The highest BCUT2D eigenvalue weighted by Gasteiger charge is 2.15. The summed E-state index contributed by atoms with van der Waals surface area (Å²) in [6, 6.07) is 12.8. The molecule has 27 heavy (non-hydrogen) atoms. The van der Waals surface area contributed by atoms with E-state index in [-0.39, 0.29) is 5.91 Å². The molecule has 2 aromatic carbocycles. The number of hydrogen-bond acceptors (Lipinski definition) is 5. The van der Waals surface area contributed by atoms with Crippen molar-refractivity contribution in [2.75, 3.05) is 0 Å². The fraction of sp³-hybridized carbons (Fsp3) is 0.100. The van der Waals surface area contributed by atoms with Crippen LogP contribution in [-0.2, 0) is 11.2 Å². The lowest BCUT2D eigenvalue weighted by Crippen LogP contribution is -2.39. The smallest absolute Gasteiger partial charge is 0.257 e. The Kier molecular flexibility index (Phi) is 4.59. The molecule has 4 aromatic rings. The van der Waals surface area contributed by atoms with E-state index in [4.69, 9.17) is 5.73 Å². The number of amides is 1. The topological polar surface area (TPSA) is 109 Å². The average molecular weight is 358 g/mol. The summed E-state index contributed by atoms with van der Waals surface area (Å²) in [6.45, 7) is 0. The molecule has 0 aliphatic carbocycles. The van der Waals surface area contributed by atoms with Gasteiger partial charge in [-0.2, -0.15) is 5.10 Å². The zero-order chi connectivity index (χ0) is 18.6. The van der Waals surface area contributed by atoms with Crippen LogP contribution in [0.2, 0.25) is 0 Å². The number of carbonyl (C=O) groups is 1. The summed E-state index contributed by atoms with van der Waals surface area (Å²) in [6.07, 6.45) is 7.15. The maximum absolute atomic E-state index is 12.2. The zero-order valence-electron chi connectivity index (χ0n) is 14.5. The lowest BCUT2D eigenvalue weighted by atomic mass is 10.1. The number of nitrogens with zero attached hydrogens (tertiary/aromatic N) is 3. The molecule has 1 atom stereocenters. The number of rotatable bonds is 5. The Hall–Kier alpha value is -3.58. The number of carbonyl (C=O) groups excluding carboxylic acids is 1. The molecule has 2 aromatic heterocycles. The summed E-state index contributed by atoms with van der Waals surface area (Å²) in [5, 5.41) is 5.07. The molecule has 0 aliphatic rings. The number of H-pyrrole nitrogens is 1. The van der Waals surface area contributed by atoms with Crippen LogP contribution in [0.25, 0.3) is 21.9 Å². The van der Waals surface area contributed by atoms with Crippen molar-refractivity contribution in [3.63, 3.8) is 0 Å². The predicted octanol–water partition coefficient (Wildman–Crippen LogP) is 2.13. The van der Waals surface area contributed by atoms with Gasteiger partial charge in [-0.25, -0.2) is 5.43 Å². The molecule has 1 unspecified atom stereocenters. The fourth-order valence-electron chi connectivity index (χ4n) is 2.94. The minimum Gasteiger partial charge on any atom is -0.361 e. The molecular weight excluding hydrogens is 340 g/mol. The number of fused-ring (bicyclic) bond motifs is 2. The third-order valence-electron chi connectivity index (χ3n) is 4.33. The first-order valence-corrected chi connectivity index (χ1v) is 8.55. The van der Waals surface area contributed by atoms with Crippen molar-refractivity contribution in [3.05, 3.63) is 72.2 Å². The van der Waals surface area contributed by atoms with Gasteiger partial charge in [0.05, 0.1) is 23.3 Å². The summed E-state index contributed by atoms with van der Waals surface area (Å²) in [4.78, 5) is 23.9. The van der Waals surface area contributed by atoms with Gasteiger partial charge in [0.1, 0.15) is 0 Å². The van der Waals surface area contributed by atoms with Gasteiger partial charge >= 0.3 is 0 Å². The molecule has 0 aliphatic heterocycles. The third kappa shape index (κ3) is 3.68. The normalized spacial score (nSPS) is 12.6. The minimum absolute atomic E-state index is 0.336. The zero-order valence-corrected chi connectivity index (χ0v) is 14.5. The van der Waals surface area contributed by atoms with E-state index in [9.17, 15) is 4.79 Å². The molecule has 4 rings (SSSR count). The number of aromatic amines is 1. The van der Waals surface area contributed by atoms with Crippen LogP contribution < -0.4 is 11.2 Å². The highest BCUT2D eigenvalue weighted by molar-refractivity contribution is 5.89. The average Bonchev–Trinajstić information content (AvgIpc) is 3.11. The Labute approximate surface area is 155 Å². The molecule has 134 valence electrons. The van der Waals surface area contributed by atoms with Crippen molar-refractivity contribution in [1.82, 2.24) is 20.4 Å². The molecular formula is C20H18N6O. The lowest BCUT2D eigenvalue weighted by Gasteiger charge is -2.09. The number of hydrazone groups is 1. The quantitative estimate of drug-likeness (QED) is 0.375. The largest absolute Gasteiger partial charge is 0.361 e. The second-order valence-electron chi connectivity index (χ2n) is 6.21. The van der Waals surface area contributed by atoms with Gasteiger partial charge in [-0.15, -0.1) is 0 Å². The summed E-state index contributed by atoms with van der Waals surface area (Å²) in [5.74, 6) is -0.336. The Balaban J connectivity index is 1.39. The number of nitrogens with one attached hydrogen (secondary N) is 2. The predicted molar refractivity (Wildman–Crippen MR) is 105 cm³/mol. The van der Waals surface area contributed by atoms with Gasteiger partial charge in [-0.05, 0) is 35.7 Å². The van der Waals surface area contributed by atoms with Gasteiger partial charge in [-0.1, -0.05) is 24.3 Å². The van der Waals surface area contributed by atoms with Crippen LogP contribution in [0.1, 0.15) is 11.1 Å². The molecule has 7 heteroatoms. The van der Waals surface area contributed by atoms with Crippen LogP contribution in [-0.4, -0.2) is 33.1 Å². The highest BCUT2D eigenvalue weighted by atomic mass is 16.2. The Morgan fingerprint density at radius 1 is 1.19 bits per heavy atom. The van der Waals surface area contributed by atoms with E-state index in [1.807, 2.05) is 48.7 Å². The minimum atomic E-state index is -0.691. The van der Waals surface area contributed by atoms with Crippen molar-refractivity contribution in [2.45, 2.75) is 12.5 Å². The molecule has 0 fully saturated rings. The monoisotopic (exact) mass is 358 g/mol. The van der Waals surface area contributed by atoms with E-state index >= 15 is 0 Å². The lowest BCUT2D eigenvalue weighted by molar-refractivity contribution is -0.122. The second-order valence-corrected chi connectivity index (χ2v) is 6.21. The Morgan fingerprint density at radius 2 is 2.00 bits per heavy atom. The van der Waals surface area contributed by atoms with E-state index in [0.717, 1.165) is 33.1 Å². The first-order chi connectivity index (χ1) is 13.2. The first-order valence-electron chi connectivity index (χ1n) is 8.55. The fourth-order valence-corrected chi connectivity index (χ4v) is 2.94. The molecule has 0 saturated heterocycles. The van der Waals surface area contributed by atoms with Gasteiger partial charge < -0.3 is 10.7 Å². The van der Waals surface area contributed by atoms with E-state index in [2.05, 4.69) is 25.5 Å². The van der Waals surface area contributed by atoms with E-state index in [1.165, 1.54) is 0 Å². The molecule has 0 spiro atoms. The standard InChI is InChI=1S/C20H18N6O/c21-16(10-14-12-24-17-4-2-1-3-15(14)17)20(27)26-25-11-13-5-6-18-19(9-13)23-8-7-22-18/h1-9,11-12,16,24H,10,21H2,(H,26,27)/b25-11+. The Bertz CT molecular complexity index is 1130. The van der Waals surface area contributed by atoms with Gasteiger partial charge in [0, 0.05) is 29.5 Å².